The molecule has 1 atom stereocenters. The topological polar surface area (TPSA) is 52.6 Å². The van der Waals surface area contributed by atoms with Gasteiger partial charge in [-0.15, -0.1) is 0 Å². The van der Waals surface area contributed by atoms with Crippen LogP contribution in [0.1, 0.15) is 19.8 Å². The molecule has 4 nitrogen and oxygen atoms in total. The highest BCUT2D eigenvalue weighted by molar-refractivity contribution is 7.87. The van der Waals surface area contributed by atoms with Crippen LogP contribution in [0.4, 0.5) is 26.3 Å². The Morgan fingerprint density at radius 3 is 2.06 bits per heavy atom. The van der Waals surface area contributed by atoms with Crippen LogP contribution in [0.5, 0.6) is 0 Å². The number of halogens is 6. The molecule has 0 fully saturated rings. The SMILES string of the molecule is CCCCOC(F)(F)C(F)OS(=O)(=O)C(F)(F)F. The maximum Gasteiger partial charge on any atom is 0.523 e. The molecule has 0 bridgehead atoms. The van der Waals surface area contributed by atoms with Gasteiger partial charge in [-0.2, -0.15) is 30.4 Å². The average Bonchev–Trinajstić information content (AvgIpc) is 2.15. The zero-order valence-electron chi connectivity index (χ0n) is 9.01. The third-order valence-electron chi connectivity index (χ3n) is 1.55. The molecule has 0 aliphatic heterocycles. The average molecular weight is 304 g/mol. The van der Waals surface area contributed by atoms with Gasteiger partial charge in [-0.1, -0.05) is 13.3 Å². The van der Waals surface area contributed by atoms with Gasteiger partial charge >= 0.3 is 28.1 Å². The monoisotopic (exact) mass is 304 g/mol. The summed E-state index contributed by atoms with van der Waals surface area (Å²) in [5.74, 6) is 0. The van der Waals surface area contributed by atoms with Crippen molar-refractivity contribution in [3.05, 3.63) is 0 Å². The van der Waals surface area contributed by atoms with E-state index in [-0.39, 0.29) is 6.42 Å². The zero-order chi connectivity index (χ0) is 14.6. The van der Waals surface area contributed by atoms with Crippen LogP contribution in [-0.2, 0) is 19.0 Å². The quantitative estimate of drug-likeness (QED) is 0.314. The van der Waals surface area contributed by atoms with Crippen LogP contribution in [0.25, 0.3) is 0 Å². The van der Waals surface area contributed by atoms with Crippen LogP contribution < -0.4 is 0 Å². The van der Waals surface area contributed by atoms with Crippen molar-refractivity contribution >= 4 is 10.1 Å². The van der Waals surface area contributed by atoms with Gasteiger partial charge < -0.3 is 4.74 Å². The highest BCUT2D eigenvalue weighted by Crippen LogP contribution is 2.31. The standard InChI is InChI=1S/C7H10F6O4S/c1-2-3-4-16-6(9,10)5(8)17-18(14,15)7(11,12)13/h5H,2-4H2,1H3. The molecule has 18 heavy (non-hydrogen) atoms. The van der Waals surface area contributed by atoms with E-state index in [1.54, 1.807) is 6.92 Å². The summed E-state index contributed by atoms with van der Waals surface area (Å²) < 4.78 is 100. The minimum Gasteiger partial charge on any atom is -0.316 e. The van der Waals surface area contributed by atoms with Gasteiger partial charge in [-0.3, -0.25) is 0 Å². The van der Waals surface area contributed by atoms with Crippen molar-refractivity contribution in [1.82, 2.24) is 0 Å². The maximum atomic E-state index is 12.7. The first-order valence-corrected chi connectivity index (χ1v) is 6.00. The lowest BCUT2D eigenvalue weighted by atomic mass is 10.4. The minimum atomic E-state index is -6.45. The van der Waals surface area contributed by atoms with Crippen molar-refractivity contribution in [3.63, 3.8) is 0 Å². The van der Waals surface area contributed by atoms with E-state index < -0.39 is 34.7 Å². The second-order valence-electron chi connectivity index (χ2n) is 3.08. The Morgan fingerprint density at radius 2 is 1.67 bits per heavy atom. The molecule has 0 radical (unpaired) electrons. The summed E-state index contributed by atoms with van der Waals surface area (Å²) in [4.78, 5) is 0. The molecule has 0 aromatic carbocycles. The number of rotatable bonds is 7. The van der Waals surface area contributed by atoms with Crippen molar-refractivity contribution in [1.29, 1.82) is 0 Å². The van der Waals surface area contributed by atoms with Gasteiger partial charge in [0.1, 0.15) is 0 Å². The Bertz CT molecular complexity index is 351. The lowest BCUT2D eigenvalue weighted by Gasteiger charge is -2.20. The fourth-order valence-electron chi connectivity index (χ4n) is 0.640. The Balaban J connectivity index is 4.61. The third kappa shape index (κ3) is 4.98. The van der Waals surface area contributed by atoms with Crippen molar-refractivity contribution < 1.29 is 43.7 Å². The molecule has 0 rings (SSSR count). The minimum absolute atomic E-state index is 0.0916. The van der Waals surface area contributed by atoms with Gasteiger partial charge in [0, 0.05) is 0 Å². The molecule has 0 aromatic rings. The van der Waals surface area contributed by atoms with E-state index in [4.69, 9.17) is 0 Å². The summed E-state index contributed by atoms with van der Waals surface area (Å²) in [5, 5.41) is 0. The normalized spacial score (nSPS) is 15.7. The highest BCUT2D eigenvalue weighted by atomic mass is 32.2. The molecule has 0 spiro atoms. The Morgan fingerprint density at radius 1 is 1.17 bits per heavy atom. The van der Waals surface area contributed by atoms with Gasteiger partial charge in [0.25, 0.3) is 0 Å². The van der Waals surface area contributed by atoms with E-state index in [1.165, 1.54) is 0 Å². The molecule has 11 heteroatoms. The molecule has 0 heterocycles. The number of alkyl halides is 6. The first-order valence-electron chi connectivity index (χ1n) is 4.59. The molecule has 0 saturated heterocycles. The van der Waals surface area contributed by atoms with Crippen molar-refractivity contribution in [2.75, 3.05) is 6.61 Å². The molecule has 0 amide bonds. The van der Waals surface area contributed by atoms with E-state index in [1.807, 2.05) is 0 Å². The van der Waals surface area contributed by atoms with E-state index in [0.717, 1.165) is 0 Å². The molecule has 0 aliphatic carbocycles. The molecule has 0 N–H and O–H groups in total. The highest BCUT2D eigenvalue weighted by Gasteiger charge is 2.54. The fourth-order valence-corrected chi connectivity index (χ4v) is 1.08. The van der Waals surface area contributed by atoms with Gasteiger partial charge in [-0.25, -0.2) is 8.57 Å². The van der Waals surface area contributed by atoms with Crippen molar-refractivity contribution in [2.24, 2.45) is 0 Å². The molecular weight excluding hydrogens is 294 g/mol. The van der Waals surface area contributed by atoms with E-state index in [0.29, 0.717) is 6.42 Å². The lowest BCUT2D eigenvalue weighted by molar-refractivity contribution is -0.312. The second-order valence-corrected chi connectivity index (χ2v) is 4.64. The smallest absolute Gasteiger partial charge is 0.316 e. The summed E-state index contributed by atoms with van der Waals surface area (Å²) in [6, 6.07) is 0. The van der Waals surface area contributed by atoms with Crippen LogP contribution >= 0.6 is 0 Å². The number of hydrogen-bond donors (Lipinski definition) is 0. The van der Waals surface area contributed by atoms with Crippen molar-refractivity contribution in [2.45, 2.75) is 37.7 Å². The maximum absolute atomic E-state index is 12.7. The predicted octanol–water partition coefficient (Wildman–Crippen LogP) is 2.56. The first kappa shape index (κ1) is 17.4. The van der Waals surface area contributed by atoms with E-state index >= 15 is 0 Å². The Kier molecular flexibility index (Phi) is 5.88. The molecular formula is C7H10F6O4S. The summed E-state index contributed by atoms with van der Waals surface area (Å²) in [5.41, 5.74) is -5.99. The molecule has 0 aromatic heterocycles. The van der Waals surface area contributed by atoms with Crippen LogP contribution in [0, 0.1) is 0 Å². The van der Waals surface area contributed by atoms with Crippen LogP contribution in [0.3, 0.4) is 0 Å². The predicted molar refractivity (Wildman–Crippen MR) is 46.8 cm³/mol. The first-order chi connectivity index (χ1) is 7.94. The summed E-state index contributed by atoms with van der Waals surface area (Å²) in [6.45, 7) is 0.943. The van der Waals surface area contributed by atoms with Gasteiger partial charge in [0.15, 0.2) is 0 Å². The molecule has 110 valence electrons. The Labute approximate surface area is 99.0 Å². The van der Waals surface area contributed by atoms with Crippen molar-refractivity contribution in [3.8, 4) is 0 Å². The van der Waals surface area contributed by atoms with Crippen LogP contribution in [-0.4, -0.2) is 33.0 Å². The second kappa shape index (κ2) is 6.06. The number of hydrogen-bond acceptors (Lipinski definition) is 4. The largest absolute Gasteiger partial charge is 0.523 e. The molecule has 0 saturated carbocycles. The van der Waals surface area contributed by atoms with E-state index in [9.17, 15) is 34.8 Å². The summed E-state index contributed by atoms with van der Waals surface area (Å²) >= 11 is 0. The van der Waals surface area contributed by atoms with Crippen LogP contribution in [0.15, 0.2) is 0 Å². The lowest BCUT2D eigenvalue weighted by Crippen LogP contribution is -2.40. The Hall–Kier alpha value is -0.550. The van der Waals surface area contributed by atoms with Crippen LogP contribution in [0.2, 0.25) is 0 Å². The summed E-state index contributed by atoms with van der Waals surface area (Å²) in [6.07, 6.45) is -8.35. The fraction of sp³-hybridized carbons (Fsp3) is 1.00. The van der Waals surface area contributed by atoms with Gasteiger partial charge in [0.2, 0.25) is 0 Å². The summed E-state index contributed by atoms with van der Waals surface area (Å²) in [7, 11) is -6.45. The third-order valence-corrected chi connectivity index (χ3v) is 2.54. The van der Waals surface area contributed by atoms with Gasteiger partial charge in [0.05, 0.1) is 6.61 Å². The zero-order valence-corrected chi connectivity index (χ0v) is 9.82. The molecule has 1 unspecified atom stereocenters. The van der Waals surface area contributed by atoms with E-state index in [2.05, 4.69) is 8.92 Å². The molecule has 0 aliphatic rings. The number of unbranched alkanes of at least 4 members (excludes halogenated alkanes) is 1. The number of ether oxygens (including phenoxy) is 1. The van der Waals surface area contributed by atoms with Gasteiger partial charge in [-0.05, 0) is 6.42 Å².